The zero-order valence-corrected chi connectivity index (χ0v) is 63.9. The van der Waals surface area contributed by atoms with Gasteiger partial charge in [-0.05, 0) is 202 Å². The molecule has 0 bridgehead atoms. The second kappa shape index (κ2) is 32.7. The van der Waals surface area contributed by atoms with Crippen molar-refractivity contribution in [2.75, 3.05) is 25.7 Å². The summed E-state index contributed by atoms with van der Waals surface area (Å²) in [5.41, 5.74) is 26.0. The fourth-order valence-corrected chi connectivity index (χ4v) is 18.1. The van der Waals surface area contributed by atoms with Gasteiger partial charge in [0.05, 0.1) is 19.5 Å². The van der Waals surface area contributed by atoms with E-state index in [4.69, 9.17) is 39.1 Å². The predicted octanol–water partition coefficient (Wildman–Crippen LogP) is 24.6. The van der Waals surface area contributed by atoms with Gasteiger partial charge in [0, 0.05) is 49.7 Å². The third-order valence-electron chi connectivity index (χ3n) is 20.1. The van der Waals surface area contributed by atoms with Gasteiger partial charge in [0.15, 0.2) is 11.4 Å². The Kier molecular flexibility index (Phi) is 22.4. The minimum atomic E-state index is -3.89. The predicted molar refractivity (Wildman–Crippen MR) is 445 cm³/mol. The van der Waals surface area contributed by atoms with E-state index >= 15 is 4.57 Å². The van der Waals surface area contributed by atoms with Crippen LogP contribution in [-0.2, 0) is 25.1 Å². The van der Waals surface area contributed by atoms with Crippen molar-refractivity contribution in [3.63, 3.8) is 0 Å². The summed E-state index contributed by atoms with van der Waals surface area (Å²) in [4.78, 5) is 12.7. The average molecular weight is 1470 g/mol. The number of fused-ring (bicyclic) bond motifs is 6. The molecule has 0 aliphatic carbocycles. The molecule has 13 heteroatoms. The summed E-state index contributed by atoms with van der Waals surface area (Å²) < 4.78 is 63.7. The summed E-state index contributed by atoms with van der Waals surface area (Å²) in [6.45, 7) is 12.9. The molecule has 14 aromatic carbocycles. The molecule has 0 fully saturated rings. The average Bonchev–Trinajstić information content (AvgIpc) is 0.690. The van der Waals surface area contributed by atoms with Gasteiger partial charge in [-0.15, -0.1) is 0 Å². The van der Waals surface area contributed by atoms with E-state index < -0.39 is 20.2 Å². The molecule has 109 heavy (non-hydrogen) atoms. The summed E-state index contributed by atoms with van der Waals surface area (Å²) in [6, 6.07) is 112. The van der Waals surface area contributed by atoms with Crippen molar-refractivity contribution in [2.24, 2.45) is 0 Å². The van der Waals surface area contributed by atoms with Crippen LogP contribution in [0.3, 0.4) is 0 Å². The lowest BCUT2D eigenvalue weighted by Crippen LogP contribution is -2.38. The number of rotatable bonds is 16. The number of ketones is 1. The summed E-state index contributed by atoms with van der Waals surface area (Å²) in [7, 11) is -2.29. The Hall–Kier alpha value is -12.5. The van der Waals surface area contributed by atoms with E-state index in [1.807, 2.05) is 268 Å². The molecule has 16 rings (SSSR count). The molecule has 0 amide bonds. The molecule has 542 valence electrons. The number of nitrogens with two attached hydrogens (primary N) is 2. The lowest BCUT2D eigenvalue weighted by atomic mass is 9.78. The van der Waals surface area contributed by atoms with Crippen molar-refractivity contribution in [3.05, 3.63) is 407 Å². The van der Waals surface area contributed by atoms with Crippen LogP contribution in [0.2, 0.25) is 0 Å². The number of methoxy groups -OCH3 is 2. The van der Waals surface area contributed by atoms with Crippen LogP contribution in [0.15, 0.2) is 350 Å². The number of hydrogen-bond acceptors (Lipinski definition) is 11. The van der Waals surface area contributed by atoms with Crippen LogP contribution >= 0.6 is 15.0 Å². The van der Waals surface area contributed by atoms with E-state index in [1.165, 1.54) is 22.3 Å². The molecule has 15 aromatic rings. The van der Waals surface area contributed by atoms with Gasteiger partial charge in [-0.2, -0.15) is 0 Å². The Morgan fingerprint density at radius 3 is 1.18 bits per heavy atom. The fourth-order valence-electron chi connectivity index (χ4n) is 13.7. The Balaban J connectivity index is 0.000000158. The molecule has 1 aromatic heterocycles. The van der Waals surface area contributed by atoms with Crippen molar-refractivity contribution in [1.29, 1.82) is 0 Å². The first-order valence-electron chi connectivity index (χ1n) is 36.0. The molecule has 0 spiro atoms. The van der Waals surface area contributed by atoms with E-state index in [-0.39, 0.29) is 16.6 Å². The van der Waals surface area contributed by atoms with Crippen LogP contribution in [0, 0.1) is 13.8 Å². The van der Waals surface area contributed by atoms with Gasteiger partial charge in [0.1, 0.15) is 45.4 Å². The van der Waals surface area contributed by atoms with Gasteiger partial charge in [-0.25, -0.2) is 4.20 Å². The largest absolute Gasteiger partial charge is 0.597 e. The van der Waals surface area contributed by atoms with Gasteiger partial charge < -0.3 is 34.9 Å². The maximum Gasteiger partial charge on any atom is 0.597 e. The first kappa shape index (κ1) is 74.7. The monoisotopic (exact) mass is 1470 g/mol. The van der Waals surface area contributed by atoms with Gasteiger partial charge >= 0.3 is 7.65 Å². The van der Waals surface area contributed by atoms with E-state index in [9.17, 15) is 9.36 Å². The molecule has 0 saturated carbocycles. The Labute approximate surface area is 638 Å². The second-order valence-corrected chi connectivity index (χ2v) is 31.4. The SMILES string of the molecule is COc1ccc(C(C)(C)c2ccc(Oc3ccc(C(=O)c4ccc(C)cc4)cc3)cc2)cc1.COc1ccc(C(C)(C)c2ccc(Oc3ccc(C(c4ccc(C)cc4)(c4ccc(N)cc4)P4(=O)Oc5ccccc5-c5ccccc54)cc3)cc2)cc1.Nc1ccccc1.O=[p+]1oc2ccccc2c2ccccc21. The normalized spacial score (nSPS) is 13.5. The van der Waals surface area contributed by atoms with E-state index in [0.717, 1.165) is 77.8 Å². The number of aryl methyl sites for hydroxylation is 2. The molecule has 0 radical (unpaired) electrons. The van der Waals surface area contributed by atoms with Crippen LogP contribution in [0.25, 0.3) is 32.6 Å². The number of nitrogen functional groups attached to an aromatic ring is 2. The van der Waals surface area contributed by atoms with Gasteiger partial charge in [0.25, 0.3) is 7.37 Å². The molecule has 11 nitrogen and oxygen atoms in total. The van der Waals surface area contributed by atoms with E-state index in [1.54, 1.807) is 26.4 Å². The Bertz CT molecular complexity index is 5690. The second-order valence-electron chi connectivity index (χ2n) is 27.8. The molecule has 2 heterocycles. The third kappa shape index (κ3) is 16.1. The highest BCUT2D eigenvalue weighted by atomic mass is 31.2. The maximum atomic E-state index is 16.5. The minimum absolute atomic E-state index is 0.00617. The quantitative estimate of drug-likeness (QED) is 0.0311. The first-order chi connectivity index (χ1) is 52.7. The van der Waals surface area contributed by atoms with Crippen molar-refractivity contribution in [2.45, 2.75) is 57.5 Å². The molecular formula is C96H85N2O9P2+. The standard InChI is InChI=1S/C48H42NO4P.C30H28O3.C12H8O2P.C6H7N/c1-33-13-15-36(16-14-33)48(37-17-25-39(49)26-18-37,54(50)46-12-8-6-10-44(46)43-9-5-7-11-45(43)53-54)38-23-31-42(32-24-38)52-41-29-21-35(22-30-41)47(2,3)34-19-27-40(51-4)28-20-34;1-21-5-7-22(8-6-21)29(31)23-9-15-27(16-10-23)33-28-19-13-25(14-20-28)30(2,3)24-11-17-26(32-4)18-12-24;13-15-12-8-4-2-6-10(12)9-5-1-3-7-11(9)14-15;7-6-4-2-1-3-5-6/h5-32H,49H2,1-4H3;5-20H,1-4H3;1-8H;1-5H,7H2/q;;+1;. The number of para-hydroxylation sites is 3. The van der Waals surface area contributed by atoms with Crippen molar-refractivity contribution in [1.82, 2.24) is 0 Å². The van der Waals surface area contributed by atoms with Crippen LogP contribution in [-0.4, -0.2) is 20.0 Å². The van der Waals surface area contributed by atoms with Gasteiger partial charge in [-0.1, -0.05) is 245 Å². The summed E-state index contributed by atoms with van der Waals surface area (Å²) in [5.74, 6) is 5.10. The Morgan fingerprint density at radius 2 is 0.716 bits per heavy atom. The maximum absolute atomic E-state index is 16.5. The first-order valence-corrected chi connectivity index (χ1v) is 38.8. The molecule has 3 atom stereocenters. The highest BCUT2D eigenvalue weighted by Gasteiger charge is 2.58. The van der Waals surface area contributed by atoms with E-state index in [2.05, 4.69) is 107 Å². The number of hydrogen-bond donors (Lipinski definition) is 2. The fraction of sp³-hybridized carbons (Fsp3) is 0.115. The zero-order chi connectivity index (χ0) is 76.3. The number of carbonyl (C=O) groups is 1. The number of ether oxygens (including phenoxy) is 4. The van der Waals surface area contributed by atoms with Crippen LogP contribution in [0.4, 0.5) is 11.4 Å². The molecule has 0 saturated heterocycles. The topological polar surface area (TPSA) is 163 Å². The van der Waals surface area contributed by atoms with Crippen LogP contribution < -0.4 is 40.2 Å². The number of anilines is 2. The van der Waals surface area contributed by atoms with Gasteiger partial charge in [-0.3, -0.25) is 9.36 Å². The summed E-state index contributed by atoms with van der Waals surface area (Å²) in [5, 5.41) is 2.22. The summed E-state index contributed by atoms with van der Waals surface area (Å²) in [6.07, 6.45) is 0. The van der Waals surface area contributed by atoms with Crippen LogP contribution in [0.5, 0.6) is 40.2 Å². The summed E-state index contributed by atoms with van der Waals surface area (Å²) >= 11 is 0. The highest BCUT2D eigenvalue weighted by molar-refractivity contribution is 7.69. The third-order valence-corrected chi connectivity index (χ3v) is 24.4. The van der Waals surface area contributed by atoms with Crippen molar-refractivity contribution in [3.8, 4) is 51.4 Å². The minimum Gasteiger partial charge on any atom is -0.497 e. The zero-order valence-electron chi connectivity index (χ0n) is 62.1. The molecule has 1 aliphatic heterocycles. The molecular weight excluding hydrogens is 1390 g/mol. The highest BCUT2D eigenvalue weighted by Crippen LogP contribution is 2.71. The van der Waals surface area contributed by atoms with Crippen molar-refractivity contribution < 1.29 is 41.6 Å². The molecule has 1 aliphatic rings. The Morgan fingerprint density at radius 1 is 0.367 bits per heavy atom. The lowest BCUT2D eigenvalue weighted by Gasteiger charge is -2.44. The number of benzene rings is 14. The molecule has 4 N–H and O–H groups in total. The molecule has 3 unspecified atom stereocenters. The van der Waals surface area contributed by atoms with Crippen molar-refractivity contribution >= 4 is 59.0 Å². The van der Waals surface area contributed by atoms with Gasteiger partial charge in [0.2, 0.25) is 5.12 Å². The van der Waals surface area contributed by atoms with E-state index in [0.29, 0.717) is 50.7 Å². The smallest absolute Gasteiger partial charge is 0.497 e. The van der Waals surface area contributed by atoms with Crippen LogP contribution in [0.1, 0.15) is 93.7 Å². The number of carbonyl (C=O) groups excluding carboxylic acids is 1. The lowest BCUT2D eigenvalue weighted by molar-refractivity contribution is 0.103.